The summed E-state index contributed by atoms with van der Waals surface area (Å²) in [5, 5.41) is 3.33. The van der Waals surface area contributed by atoms with Crippen molar-refractivity contribution in [3.8, 4) is 5.75 Å². The van der Waals surface area contributed by atoms with Crippen LogP contribution in [0.25, 0.3) is 0 Å². The highest BCUT2D eigenvalue weighted by Crippen LogP contribution is 2.31. The van der Waals surface area contributed by atoms with Crippen LogP contribution in [0, 0.1) is 6.92 Å². The highest BCUT2D eigenvalue weighted by atomic mass is 16.5. The van der Waals surface area contributed by atoms with E-state index in [0.29, 0.717) is 24.5 Å². The molecule has 1 atom stereocenters. The molecule has 0 aliphatic carbocycles. The van der Waals surface area contributed by atoms with Crippen molar-refractivity contribution in [1.29, 1.82) is 0 Å². The quantitative estimate of drug-likeness (QED) is 0.936. The zero-order valence-corrected chi connectivity index (χ0v) is 12.7. The van der Waals surface area contributed by atoms with Gasteiger partial charge in [-0.15, -0.1) is 0 Å². The largest absolute Gasteiger partial charge is 0.496 e. The van der Waals surface area contributed by atoms with Crippen LogP contribution in [0.15, 0.2) is 35.1 Å². The summed E-state index contributed by atoms with van der Waals surface area (Å²) in [6.07, 6.45) is 1.31. The molecule has 2 heterocycles. The fraction of sp³-hybridized carbons (Fsp3) is 0.375. The number of nitrogens with zero attached hydrogens (tertiary/aromatic N) is 2. The fourth-order valence-electron chi connectivity index (χ4n) is 2.80. The Morgan fingerprint density at radius 2 is 2.27 bits per heavy atom. The molecule has 1 aromatic carbocycles. The van der Waals surface area contributed by atoms with E-state index in [1.54, 1.807) is 14.0 Å². The second kappa shape index (κ2) is 6.19. The number of oxazole rings is 1. The normalized spacial score (nSPS) is 18.3. The average molecular weight is 301 g/mol. The van der Waals surface area contributed by atoms with E-state index in [9.17, 15) is 4.79 Å². The monoisotopic (exact) mass is 301 g/mol. The maximum Gasteiger partial charge on any atom is 0.292 e. The summed E-state index contributed by atoms with van der Waals surface area (Å²) in [6.45, 7) is 3.82. The molecular weight excluding hydrogens is 282 g/mol. The van der Waals surface area contributed by atoms with Gasteiger partial charge in [0.25, 0.3) is 5.91 Å². The Morgan fingerprint density at radius 1 is 1.45 bits per heavy atom. The van der Waals surface area contributed by atoms with Crippen molar-refractivity contribution in [2.75, 3.05) is 26.7 Å². The zero-order chi connectivity index (χ0) is 15.5. The van der Waals surface area contributed by atoms with Crippen molar-refractivity contribution in [3.63, 3.8) is 0 Å². The van der Waals surface area contributed by atoms with Crippen molar-refractivity contribution in [2.24, 2.45) is 0 Å². The molecular formula is C16H19N3O3. The average Bonchev–Trinajstić information content (AvgIpc) is 3.00. The third-order valence-corrected chi connectivity index (χ3v) is 3.94. The van der Waals surface area contributed by atoms with Gasteiger partial charge in [-0.3, -0.25) is 4.79 Å². The lowest BCUT2D eigenvalue weighted by molar-refractivity contribution is 0.0598. The molecule has 1 amide bonds. The maximum atomic E-state index is 12.8. The highest BCUT2D eigenvalue weighted by Gasteiger charge is 2.32. The summed E-state index contributed by atoms with van der Waals surface area (Å²) in [7, 11) is 1.64. The number of carbonyl (C=O) groups is 1. The second-order valence-electron chi connectivity index (χ2n) is 5.23. The van der Waals surface area contributed by atoms with Crippen LogP contribution in [0.5, 0.6) is 5.75 Å². The predicted molar refractivity (Wildman–Crippen MR) is 80.9 cm³/mol. The van der Waals surface area contributed by atoms with Crippen LogP contribution in [0.1, 0.15) is 27.9 Å². The Morgan fingerprint density at radius 3 is 3.00 bits per heavy atom. The van der Waals surface area contributed by atoms with Gasteiger partial charge >= 0.3 is 0 Å². The smallest absolute Gasteiger partial charge is 0.292 e. The van der Waals surface area contributed by atoms with E-state index in [2.05, 4.69) is 10.3 Å². The van der Waals surface area contributed by atoms with E-state index in [0.717, 1.165) is 17.9 Å². The van der Waals surface area contributed by atoms with Crippen LogP contribution in [0.3, 0.4) is 0 Å². The van der Waals surface area contributed by atoms with Crippen LogP contribution in [0.2, 0.25) is 0 Å². The molecule has 116 valence electrons. The van der Waals surface area contributed by atoms with Crippen LogP contribution in [0.4, 0.5) is 0 Å². The van der Waals surface area contributed by atoms with Crippen molar-refractivity contribution in [2.45, 2.75) is 13.0 Å². The SMILES string of the molecule is COc1ccccc1C1CNCCN1C(=O)c1ocnc1C. The number of benzene rings is 1. The van der Waals surface area contributed by atoms with Crippen LogP contribution >= 0.6 is 0 Å². The molecule has 0 radical (unpaired) electrons. The Hall–Kier alpha value is -2.34. The number of para-hydroxylation sites is 1. The number of hydrogen-bond donors (Lipinski definition) is 1. The molecule has 1 aliphatic rings. The lowest BCUT2D eigenvalue weighted by atomic mass is 10.0. The van der Waals surface area contributed by atoms with Crippen molar-refractivity contribution < 1.29 is 13.9 Å². The minimum atomic E-state index is -0.132. The zero-order valence-electron chi connectivity index (χ0n) is 12.7. The molecule has 22 heavy (non-hydrogen) atoms. The van der Waals surface area contributed by atoms with E-state index in [1.165, 1.54) is 6.39 Å². The van der Waals surface area contributed by atoms with Gasteiger partial charge in [-0.1, -0.05) is 18.2 Å². The summed E-state index contributed by atoms with van der Waals surface area (Å²) in [5.41, 5.74) is 1.60. The first-order chi connectivity index (χ1) is 10.7. The van der Waals surface area contributed by atoms with Crippen molar-refractivity contribution in [1.82, 2.24) is 15.2 Å². The second-order valence-corrected chi connectivity index (χ2v) is 5.23. The number of nitrogens with one attached hydrogen (secondary N) is 1. The maximum absolute atomic E-state index is 12.8. The summed E-state index contributed by atoms with van der Waals surface area (Å²) in [5.74, 6) is 0.956. The highest BCUT2D eigenvalue weighted by molar-refractivity contribution is 5.92. The lowest BCUT2D eigenvalue weighted by Gasteiger charge is -2.36. The number of carbonyl (C=O) groups excluding carboxylic acids is 1. The first-order valence-electron chi connectivity index (χ1n) is 7.27. The van der Waals surface area contributed by atoms with Gasteiger partial charge < -0.3 is 19.4 Å². The van der Waals surface area contributed by atoms with E-state index >= 15 is 0 Å². The van der Waals surface area contributed by atoms with Gasteiger partial charge in [-0.25, -0.2) is 4.98 Å². The van der Waals surface area contributed by atoms with Gasteiger partial charge in [0, 0.05) is 25.2 Å². The number of piperazine rings is 1. The number of hydrogen-bond acceptors (Lipinski definition) is 5. The number of methoxy groups -OCH3 is 1. The Bertz CT molecular complexity index is 668. The molecule has 1 aromatic heterocycles. The number of ether oxygens (including phenoxy) is 1. The molecule has 0 spiro atoms. The first kappa shape index (κ1) is 14.6. The van der Waals surface area contributed by atoms with Crippen LogP contribution < -0.4 is 10.1 Å². The lowest BCUT2D eigenvalue weighted by Crippen LogP contribution is -2.48. The Labute approximate surface area is 129 Å². The van der Waals surface area contributed by atoms with E-state index < -0.39 is 0 Å². The topological polar surface area (TPSA) is 67.6 Å². The third kappa shape index (κ3) is 2.57. The van der Waals surface area contributed by atoms with Gasteiger partial charge in [0.15, 0.2) is 6.39 Å². The number of aryl methyl sites for hydroxylation is 1. The molecule has 3 rings (SSSR count). The van der Waals surface area contributed by atoms with Gasteiger partial charge in [-0.05, 0) is 13.0 Å². The number of amides is 1. The summed E-state index contributed by atoms with van der Waals surface area (Å²) in [6, 6.07) is 7.68. The fourth-order valence-corrected chi connectivity index (χ4v) is 2.80. The summed E-state index contributed by atoms with van der Waals surface area (Å²) < 4.78 is 10.7. The molecule has 1 N–H and O–H groups in total. The first-order valence-corrected chi connectivity index (χ1v) is 7.27. The van der Waals surface area contributed by atoms with Crippen LogP contribution in [-0.2, 0) is 0 Å². The van der Waals surface area contributed by atoms with E-state index in [-0.39, 0.29) is 11.9 Å². The van der Waals surface area contributed by atoms with Gasteiger partial charge in [0.2, 0.25) is 5.76 Å². The number of aromatic nitrogens is 1. The van der Waals surface area contributed by atoms with E-state index in [4.69, 9.17) is 9.15 Å². The Kier molecular flexibility index (Phi) is 4.11. The summed E-state index contributed by atoms with van der Waals surface area (Å²) >= 11 is 0. The van der Waals surface area contributed by atoms with Crippen LogP contribution in [-0.4, -0.2) is 42.5 Å². The Balaban J connectivity index is 1.95. The minimum absolute atomic E-state index is 0.0955. The van der Waals surface area contributed by atoms with Crippen molar-refractivity contribution >= 4 is 5.91 Å². The standard InChI is InChI=1S/C16H19N3O3/c1-11-15(22-10-18-11)16(20)19-8-7-17-9-13(19)12-5-3-4-6-14(12)21-2/h3-6,10,13,17H,7-9H2,1-2H3. The molecule has 6 nitrogen and oxygen atoms in total. The minimum Gasteiger partial charge on any atom is -0.496 e. The molecule has 1 fully saturated rings. The molecule has 2 aromatic rings. The van der Waals surface area contributed by atoms with E-state index in [1.807, 2.05) is 29.2 Å². The van der Waals surface area contributed by atoms with Gasteiger partial charge in [-0.2, -0.15) is 0 Å². The molecule has 6 heteroatoms. The molecule has 0 saturated carbocycles. The van der Waals surface area contributed by atoms with Gasteiger partial charge in [0.05, 0.1) is 18.8 Å². The molecule has 1 unspecified atom stereocenters. The molecule has 1 saturated heterocycles. The van der Waals surface area contributed by atoms with Crippen molar-refractivity contribution in [3.05, 3.63) is 47.7 Å². The third-order valence-electron chi connectivity index (χ3n) is 3.94. The number of rotatable bonds is 3. The molecule has 1 aliphatic heterocycles. The van der Waals surface area contributed by atoms with Gasteiger partial charge in [0.1, 0.15) is 5.75 Å². The predicted octanol–water partition coefficient (Wildman–Crippen LogP) is 1.78. The summed E-state index contributed by atoms with van der Waals surface area (Å²) in [4.78, 5) is 18.6. The molecule has 0 bridgehead atoms.